The van der Waals surface area contributed by atoms with Crippen molar-refractivity contribution in [2.75, 3.05) is 6.54 Å². The summed E-state index contributed by atoms with van der Waals surface area (Å²) in [6, 6.07) is 9.50. The van der Waals surface area contributed by atoms with E-state index in [0.29, 0.717) is 23.8 Å². The van der Waals surface area contributed by atoms with Crippen LogP contribution >= 0.6 is 0 Å². The van der Waals surface area contributed by atoms with Crippen molar-refractivity contribution in [3.8, 4) is 0 Å². The van der Waals surface area contributed by atoms with E-state index in [-0.39, 0.29) is 11.6 Å². The summed E-state index contributed by atoms with van der Waals surface area (Å²) >= 11 is 0. The molecule has 1 N–H and O–H groups in total. The maximum absolute atomic E-state index is 10.8. The van der Waals surface area contributed by atoms with Gasteiger partial charge in [-0.1, -0.05) is 51.5 Å². The molecule has 0 amide bonds. The zero-order valence-electron chi connectivity index (χ0n) is 16.8. The van der Waals surface area contributed by atoms with Crippen molar-refractivity contribution in [2.45, 2.75) is 84.4 Å². The average Bonchev–Trinajstić information content (AvgIpc) is 2.54. The SMILES string of the molecule is CC(C)C[C@@H]1c2ccccc2CCN1C(C)(C)[C@H]1CC[C@H](C)C[C@@H]1O. The molecule has 1 aliphatic carbocycles. The van der Waals surface area contributed by atoms with Crippen LogP contribution in [0.1, 0.15) is 77.5 Å². The average molecular weight is 344 g/mol. The molecule has 0 spiro atoms. The van der Waals surface area contributed by atoms with Crippen LogP contribution in [-0.2, 0) is 6.42 Å². The standard InChI is InChI=1S/C23H37NO/c1-16(2)14-21-19-9-7-6-8-18(19)12-13-24(21)23(4,5)20-11-10-17(3)15-22(20)25/h6-9,16-17,20-22,25H,10-15H2,1-5H3/t17-,20-,21+,22-/m0/s1. The minimum atomic E-state index is -0.157. The molecular weight excluding hydrogens is 306 g/mol. The molecule has 1 fully saturated rings. The summed E-state index contributed by atoms with van der Waals surface area (Å²) < 4.78 is 0. The second kappa shape index (κ2) is 7.40. The molecule has 2 nitrogen and oxygen atoms in total. The minimum absolute atomic E-state index is 0.0344. The van der Waals surface area contributed by atoms with Crippen LogP contribution in [-0.4, -0.2) is 28.2 Å². The highest BCUT2D eigenvalue weighted by molar-refractivity contribution is 5.33. The zero-order valence-corrected chi connectivity index (χ0v) is 16.8. The first-order chi connectivity index (χ1) is 11.8. The van der Waals surface area contributed by atoms with Crippen molar-refractivity contribution >= 4 is 0 Å². The molecule has 1 aromatic carbocycles. The van der Waals surface area contributed by atoms with Crippen molar-refractivity contribution in [3.05, 3.63) is 35.4 Å². The molecule has 3 rings (SSSR count). The third-order valence-corrected chi connectivity index (χ3v) is 6.83. The van der Waals surface area contributed by atoms with Crippen LogP contribution in [0.15, 0.2) is 24.3 Å². The predicted octanol–water partition coefficient (Wildman–Crippen LogP) is 5.21. The molecule has 1 heterocycles. The molecule has 0 unspecified atom stereocenters. The first kappa shape index (κ1) is 18.9. The molecule has 2 aliphatic rings. The molecular formula is C23H37NO. The Morgan fingerprint density at radius 1 is 1.20 bits per heavy atom. The van der Waals surface area contributed by atoms with Crippen LogP contribution in [0, 0.1) is 17.8 Å². The Bertz CT molecular complexity index is 579. The maximum atomic E-state index is 10.8. The van der Waals surface area contributed by atoms with Crippen LogP contribution < -0.4 is 0 Å². The Balaban J connectivity index is 1.91. The van der Waals surface area contributed by atoms with Crippen molar-refractivity contribution in [2.24, 2.45) is 17.8 Å². The second-order valence-electron chi connectivity index (χ2n) is 9.53. The first-order valence-corrected chi connectivity index (χ1v) is 10.3. The van der Waals surface area contributed by atoms with Crippen LogP contribution in [0.5, 0.6) is 0 Å². The molecule has 4 atom stereocenters. The Morgan fingerprint density at radius 2 is 1.92 bits per heavy atom. The Hall–Kier alpha value is -0.860. The smallest absolute Gasteiger partial charge is 0.0588 e. The van der Waals surface area contributed by atoms with E-state index in [1.165, 1.54) is 24.0 Å². The van der Waals surface area contributed by atoms with E-state index in [9.17, 15) is 5.11 Å². The Labute approximate surface area is 154 Å². The normalized spacial score (nSPS) is 31.2. The van der Waals surface area contributed by atoms with E-state index >= 15 is 0 Å². The molecule has 2 heteroatoms. The van der Waals surface area contributed by atoms with Crippen molar-refractivity contribution in [1.29, 1.82) is 0 Å². The Morgan fingerprint density at radius 3 is 2.60 bits per heavy atom. The summed E-state index contributed by atoms with van der Waals surface area (Å²) in [6.07, 6.45) is 5.54. The topological polar surface area (TPSA) is 23.5 Å². The predicted molar refractivity (Wildman–Crippen MR) is 106 cm³/mol. The van der Waals surface area contributed by atoms with Gasteiger partial charge in [-0.15, -0.1) is 0 Å². The van der Waals surface area contributed by atoms with Crippen molar-refractivity contribution in [1.82, 2.24) is 4.90 Å². The quantitative estimate of drug-likeness (QED) is 0.811. The molecule has 0 bridgehead atoms. The number of hydrogen-bond donors (Lipinski definition) is 1. The van der Waals surface area contributed by atoms with Gasteiger partial charge in [0.1, 0.15) is 0 Å². The highest BCUT2D eigenvalue weighted by atomic mass is 16.3. The first-order valence-electron chi connectivity index (χ1n) is 10.3. The lowest BCUT2D eigenvalue weighted by Gasteiger charge is -2.53. The van der Waals surface area contributed by atoms with E-state index < -0.39 is 0 Å². The summed E-state index contributed by atoms with van der Waals surface area (Å²) in [6.45, 7) is 12.8. The molecule has 1 aromatic rings. The van der Waals surface area contributed by atoms with Gasteiger partial charge in [0.15, 0.2) is 0 Å². The van der Waals surface area contributed by atoms with Gasteiger partial charge in [-0.05, 0) is 62.5 Å². The van der Waals surface area contributed by atoms with Crippen LogP contribution in [0.25, 0.3) is 0 Å². The summed E-state index contributed by atoms with van der Waals surface area (Å²) in [5.74, 6) is 1.71. The highest BCUT2D eigenvalue weighted by Crippen LogP contribution is 2.45. The fourth-order valence-corrected chi connectivity index (χ4v) is 5.43. The molecule has 0 aromatic heterocycles. The van der Waals surface area contributed by atoms with E-state index in [0.717, 1.165) is 25.8 Å². The second-order valence-corrected chi connectivity index (χ2v) is 9.53. The van der Waals surface area contributed by atoms with E-state index in [1.54, 1.807) is 0 Å². The van der Waals surface area contributed by atoms with E-state index in [4.69, 9.17) is 0 Å². The van der Waals surface area contributed by atoms with Gasteiger partial charge in [0.2, 0.25) is 0 Å². The molecule has 140 valence electrons. The number of fused-ring (bicyclic) bond motifs is 1. The zero-order chi connectivity index (χ0) is 18.2. The summed E-state index contributed by atoms with van der Waals surface area (Å²) in [5.41, 5.74) is 3.08. The van der Waals surface area contributed by atoms with Crippen LogP contribution in [0.3, 0.4) is 0 Å². The maximum Gasteiger partial charge on any atom is 0.0588 e. The number of hydrogen-bond acceptors (Lipinski definition) is 2. The number of aliphatic hydroxyl groups is 1. The lowest BCUT2D eigenvalue weighted by molar-refractivity contribution is -0.0664. The molecule has 0 radical (unpaired) electrons. The summed E-state index contributed by atoms with van der Waals surface area (Å²) in [7, 11) is 0. The molecule has 1 saturated carbocycles. The van der Waals surface area contributed by atoms with Gasteiger partial charge in [0.25, 0.3) is 0 Å². The number of rotatable bonds is 4. The van der Waals surface area contributed by atoms with Crippen molar-refractivity contribution < 1.29 is 5.11 Å². The third-order valence-electron chi connectivity index (χ3n) is 6.83. The van der Waals surface area contributed by atoms with Crippen molar-refractivity contribution in [3.63, 3.8) is 0 Å². The highest BCUT2D eigenvalue weighted by Gasteiger charge is 2.45. The Kier molecular flexibility index (Phi) is 5.60. The number of benzene rings is 1. The minimum Gasteiger partial charge on any atom is -0.393 e. The van der Waals surface area contributed by atoms with Crippen LogP contribution in [0.2, 0.25) is 0 Å². The third kappa shape index (κ3) is 3.80. The van der Waals surface area contributed by atoms with E-state index in [1.807, 2.05) is 0 Å². The monoisotopic (exact) mass is 343 g/mol. The number of aliphatic hydroxyl groups excluding tert-OH is 1. The summed E-state index contributed by atoms with van der Waals surface area (Å²) in [4.78, 5) is 2.74. The fourth-order valence-electron chi connectivity index (χ4n) is 5.43. The van der Waals surface area contributed by atoms with Crippen LogP contribution in [0.4, 0.5) is 0 Å². The van der Waals surface area contributed by atoms with E-state index in [2.05, 4.69) is 63.8 Å². The number of nitrogens with zero attached hydrogens (tertiary/aromatic N) is 1. The summed E-state index contributed by atoms with van der Waals surface area (Å²) in [5, 5.41) is 10.8. The lowest BCUT2D eigenvalue weighted by atomic mass is 9.69. The molecule has 1 aliphatic heterocycles. The van der Waals surface area contributed by atoms with Gasteiger partial charge in [-0.25, -0.2) is 0 Å². The molecule has 0 saturated heterocycles. The van der Waals surface area contributed by atoms with Gasteiger partial charge < -0.3 is 5.11 Å². The lowest BCUT2D eigenvalue weighted by Crippen LogP contribution is -2.57. The van der Waals surface area contributed by atoms with Gasteiger partial charge in [0.05, 0.1) is 6.10 Å². The fraction of sp³-hybridized carbons (Fsp3) is 0.739. The largest absolute Gasteiger partial charge is 0.393 e. The molecule has 25 heavy (non-hydrogen) atoms. The van der Waals surface area contributed by atoms with Gasteiger partial charge >= 0.3 is 0 Å². The van der Waals surface area contributed by atoms with Gasteiger partial charge in [0, 0.05) is 24.0 Å². The van der Waals surface area contributed by atoms with Gasteiger partial charge in [-0.2, -0.15) is 0 Å². The van der Waals surface area contributed by atoms with Gasteiger partial charge in [-0.3, -0.25) is 4.90 Å².